The molecule has 54 heavy (non-hydrogen) atoms. The van der Waals surface area contributed by atoms with E-state index in [9.17, 15) is 24.0 Å². The average molecular weight is 733 g/mol. The van der Waals surface area contributed by atoms with Crippen LogP contribution in [0.3, 0.4) is 0 Å². The number of fused-ring (bicyclic) bond motifs is 6. The SMILES string of the molecule is COC(=O)[C@H](Cc1ccccc1)NC(=O)[C@@H]1Cc2c([nH]c3ccccc23)[C@H]2C[C@H](NC(=O)[C@H](Cc3c[nH]c4ccccc34)NC(=O)OC(C)(C)C)C(=O)N21. The number of H-pyrrole nitrogens is 2. The number of amides is 4. The highest BCUT2D eigenvalue weighted by molar-refractivity contribution is 5.98. The van der Waals surface area contributed by atoms with E-state index < -0.39 is 65.6 Å². The summed E-state index contributed by atoms with van der Waals surface area (Å²) in [5, 5.41) is 10.3. The van der Waals surface area contributed by atoms with Crippen LogP contribution >= 0.6 is 0 Å². The van der Waals surface area contributed by atoms with Crippen molar-refractivity contribution in [3.63, 3.8) is 0 Å². The second-order valence-electron chi connectivity index (χ2n) is 14.9. The van der Waals surface area contributed by atoms with Crippen LogP contribution < -0.4 is 16.0 Å². The number of nitrogens with zero attached hydrogens (tertiary/aromatic N) is 1. The van der Waals surface area contributed by atoms with Gasteiger partial charge in [-0.2, -0.15) is 0 Å². The molecule has 2 aliphatic heterocycles. The maximum Gasteiger partial charge on any atom is 0.408 e. The number of nitrogens with one attached hydrogen (secondary N) is 5. The molecule has 5 atom stereocenters. The number of para-hydroxylation sites is 2. The summed E-state index contributed by atoms with van der Waals surface area (Å²) in [6.07, 6.45) is 1.71. The molecule has 1 saturated heterocycles. The van der Waals surface area contributed by atoms with E-state index in [2.05, 4.69) is 25.9 Å². The molecule has 1 fully saturated rings. The van der Waals surface area contributed by atoms with E-state index in [0.29, 0.717) is 0 Å². The molecule has 0 unspecified atom stereocenters. The Morgan fingerprint density at radius 3 is 2.28 bits per heavy atom. The minimum atomic E-state index is -1.09. The molecule has 13 heteroatoms. The third-order valence-corrected chi connectivity index (χ3v) is 10.1. The van der Waals surface area contributed by atoms with Crippen molar-refractivity contribution in [1.29, 1.82) is 0 Å². The molecule has 2 aliphatic rings. The van der Waals surface area contributed by atoms with E-state index in [1.807, 2.05) is 78.9 Å². The Labute approximate surface area is 312 Å². The maximum atomic E-state index is 14.4. The van der Waals surface area contributed by atoms with Crippen LogP contribution in [-0.2, 0) is 47.9 Å². The van der Waals surface area contributed by atoms with Crippen molar-refractivity contribution in [2.45, 2.75) is 82.3 Å². The lowest BCUT2D eigenvalue weighted by molar-refractivity contribution is -0.147. The minimum Gasteiger partial charge on any atom is -0.467 e. The minimum absolute atomic E-state index is 0.122. The van der Waals surface area contributed by atoms with E-state index in [-0.39, 0.29) is 25.7 Å². The van der Waals surface area contributed by atoms with Gasteiger partial charge >= 0.3 is 12.1 Å². The molecular formula is C41H44N6O7. The van der Waals surface area contributed by atoms with Crippen molar-refractivity contribution in [2.75, 3.05) is 7.11 Å². The van der Waals surface area contributed by atoms with Crippen molar-refractivity contribution in [3.05, 3.63) is 107 Å². The zero-order chi connectivity index (χ0) is 38.1. The summed E-state index contributed by atoms with van der Waals surface area (Å²) in [6, 6.07) is 20.0. The lowest BCUT2D eigenvalue weighted by atomic mass is 9.91. The molecular weight excluding hydrogens is 688 g/mol. The number of benzene rings is 3. The van der Waals surface area contributed by atoms with Crippen LogP contribution in [0.1, 0.15) is 55.6 Å². The number of hydrogen-bond acceptors (Lipinski definition) is 7. The van der Waals surface area contributed by atoms with Gasteiger partial charge in [0.2, 0.25) is 17.7 Å². The lowest BCUT2D eigenvalue weighted by Gasteiger charge is -2.37. The highest BCUT2D eigenvalue weighted by Gasteiger charge is 2.51. The Morgan fingerprint density at radius 2 is 1.56 bits per heavy atom. The number of aromatic amines is 2. The highest BCUT2D eigenvalue weighted by atomic mass is 16.6. The summed E-state index contributed by atoms with van der Waals surface area (Å²) >= 11 is 0. The van der Waals surface area contributed by atoms with Gasteiger partial charge in [-0.3, -0.25) is 14.4 Å². The van der Waals surface area contributed by atoms with Crippen LogP contribution in [0, 0.1) is 0 Å². The van der Waals surface area contributed by atoms with Crippen molar-refractivity contribution < 1.29 is 33.4 Å². The van der Waals surface area contributed by atoms with Crippen LogP contribution in [-0.4, -0.2) is 81.5 Å². The number of methoxy groups -OCH3 is 1. The fourth-order valence-corrected chi connectivity index (χ4v) is 7.66. The average Bonchev–Trinajstić information content (AvgIpc) is 3.83. The van der Waals surface area contributed by atoms with E-state index in [0.717, 1.165) is 44.2 Å². The molecule has 5 aromatic rings. The summed E-state index contributed by atoms with van der Waals surface area (Å²) in [7, 11) is 1.27. The van der Waals surface area contributed by atoms with Gasteiger partial charge in [0.25, 0.3) is 0 Å². The fraction of sp³-hybridized carbons (Fsp3) is 0.341. The summed E-state index contributed by atoms with van der Waals surface area (Å²) in [6.45, 7) is 5.19. The number of rotatable bonds is 10. The first-order chi connectivity index (χ1) is 25.9. The Morgan fingerprint density at radius 1 is 0.870 bits per heavy atom. The smallest absolute Gasteiger partial charge is 0.408 e. The topological polar surface area (TPSA) is 175 Å². The van der Waals surface area contributed by atoms with Crippen LogP contribution in [0.25, 0.3) is 21.8 Å². The van der Waals surface area contributed by atoms with Gasteiger partial charge in [-0.05, 0) is 49.6 Å². The van der Waals surface area contributed by atoms with Gasteiger partial charge in [0, 0.05) is 59.4 Å². The normalized spacial score (nSPS) is 19.1. The number of hydrogen-bond donors (Lipinski definition) is 5. The number of alkyl carbamates (subject to hydrolysis) is 1. The molecule has 0 saturated carbocycles. The molecule has 3 aromatic carbocycles. The van der Waals surface area contributed by atoms with Crippen LogP contribution in [0.15, 0.2) is 85.1 Å². The number of esters is 1. The van der Waals surface area contributed by atoms with Gasteiger partial charge in [-0.1, -0.05) is 66.7 Å². The summed E-state index contributed by atoms with van der Waals surface area (Å²) in [4.78, 5) is 76.9. The molecule has 0 radical (unpaired) electrons. The predicted molar refractivity (Wildman–Crippen MR) is 201 cm³/mol. The third kappa shape index (κ3) is 7.39. The number of carbonyl (C=O) groups is 5. The van der Waals surface area contributed by atoms with Crippen molar-refractivity contribution in [2.24, 2.45) is 0 Å². The Balaban J connectivity index is 1.17. The predicted octanol–water partition coefficient (Wildman–Crippen LogP) is 4.37. The van der Waals surface area contributed by atoms with Crippen LogP contribution in [0.4, 0.5) is 4.79 Å². The summed E-state index contributed by atoms with van der Waals surface area (Å²) < 4.78 is 10.6. The largest absolute Gasteiger partial charge is 0.467 e. The first-order valence-corrected chi connectivity index (χ1v) is 18.1. The molecule has 5 N–H and O–H groups in total. The van der Waals surface area contributed by atoms with E-state index in [4.69, 9.17) is 9.47 Å². The summed E-state index contributed by atoms with van der Waals surface area (Å²) in [5.74, 6) is -2.13. The first-order valence-electron chi connectivity index (χ1n) is 18.1. The van der Waals surface area contributed by atoms with Gasteiger partial charge in [0.15, 0.2) is 0 Å². The van der Waals surface area contributed by atoms with Gasteiger partial charge in [0.05, 0.1) is 13.2 Å². The molecule has 4 heterocycles. The van der Waals surface area contributed by atoms with Gasteiger partial charge in [0.1, 0.15) is 29.8 Å². The highest BCUT2D eigenvalue weighted by Crippen LogP contribution is 2.43. The Kier molecular flexibility index (Phi) is 9.89. The molecule has 0 spiro atoms. The second-order valence-corrected chi connectivity index (χ2v) is 14.9. The van der Waals surface area contributed by atoms with Gasteiger partial charge < -0.3 is 40.3 Å². The van der Waals surface area contributed by atoms with Gasteiger partial charge in [-0.15, -0.1) is 0 Å². The standard InChI is InChI=1S/C41H44N6O7/c1-41(2,3)54-40(52)46-30(19-24-22-42-28-16-10-8-14-25(24)28)36(48)44-31-21-33-35-27(26-15-9-11-17-29(26)43-35)20-34(47(33)38(31)50)37(49)45-32(39(51)53-4)18-23-12-6-5-7-13-23/h5-17,22,30-34,42-43H,18-21H2,1-4H3,(H,44,48)(H,45,49)(H,46,52)/t30-,31-,32-,33+,34-/m0/s1. The van der Waals surface area contributed by atoms with Crippen molar-refractivity contribution >= 4 is 51.6 Å². The van der Waals surface area contributed by atoms with Crippen molar-refractivity contribution in [3.8, 4) is 0 Å². The third-order valence-electron chi connectivity index (χ3n) is 10.1. The molecule has 7 rings (SSSR count). The molecule has 2 aromatic heterocycles. The van der Waals surface area contributed by atoms with Crippen LogP contribution in [0.5, 0.6) is 0 Å². The zero-order valence-corrected chi connectivity index (χ0v) is 30.6. The second kappa shape index (κ2) is 14.7. The number of aromatic nitrogens is 2. The fourth-order valence-electron chi connectivity index (χ4n) is 7.66. The van der Waals surface area contributed by atoms with E-state index in [1.165, 1.54) is 12.0 Å². The molecule has 4 amide bonds. The Hall–Kier alpha value is -6.11. The van der Waals surface area contributed by atoms with Crippen LogP contribution in [0.2, 0.25) is 0 Å². The van der Waals surface area contributed by atoms with Crippen molar-refractivity contribution in [1.82, 2.24) is 30.8 Å². The summed E-state index contributed by atoms with van der Waals surface area (Å²) in [5.41, 5.74) is 4.25. The Bertz CT molecular complexity index is 2220. The molecule has 13 nitrogen and oxygen atoms in total. The zero-order valence-electron chi connectivity index (χ0n) is 30.6. The van der Waals surface area contributed by atoms with Gasteiger partial charge in [-0.25, -0.2) is 9.59 Å². The maximum absolute atomic E-state index is 14.4. The quantitative estimate of drug-likeness (QED) is 0.133. The molecule has 280 valence electrons. The molecule has 0 aliphatic carbocycles. The monoisotopic (exact) mass is 732 g/mol. The molecule has 0 bridgehead atoms. The number of carbonyl (C=O) groups excluding carboxylic acids is 5. The van der Waals surface area contributed by atoms with E-state index >= 15 is 0 Å². The van der Waals surface area contributed by atoms with E-state index in [1.54, 1.807) is 27.0 Å². The number of ether oxygens (including phenoxy) is 2. The first kappa shape index (κ1) is 36.3. The lowest BCUT2D eigenvalue weighted by Crippen LogP contribution is -2.57.